The van der Waals surface area contributed by atoms with Crippen LogP contribution in [0.4, 0.5) is 0 Å². The lowest BCUT2D eigenvalue weighted by molar-refractivity contribution is -0.130. The van der Waals surface area contributed by atoms with Crippen LogP contribution in [0.5, 0.6) is 0 Å². The lowest BCUT2D eigenvalue weighted by Gasteiger charge is -2.04. The molecule has 0 saturated carbocycles. The smallest absolute Gasteiger partial charge is 0.363 e. The van der Waals surface area contributed by atoms with Crippen molar-refractivity contribution in [1.82, 2.24) is 4.98 Å². The van der Waals surface area contributed by atoms with Gasteiger partial charge in [0.15, 0.2) is 5.70 Å². The molecule has 0 atom stereocenters. The van der Waals surface area contributed by atoms with Crippen LogP contribution in [0, 0.1) is 0 Å². The van der Waals surface area contributed by atoms with Crippen LogP contribution in [0.1, 0.15) is 11.3 Å². The average molecular weight is 328 g/mol. The molecule has 1 aliphatic rings. The van der Waals surface area contributed by atoms with Crippen molar-refractivity contribution in [1.29, 1.82) is 0 Å². The van der Waals surface area contributed by atoms with Gasteiger partial charge in [0.1, 0.15) is 0 Å². The second-order valence-corrected chi connectivity index (χ2v) is 5.79. The summed E-state index contributed by atoms with van der Waals surface area (Å²) in [7, 11) is 0. The summed E-state index contributed by atoms with van der Waals surface area (Å²) in [4.78, 5) is 19.2. The molecule has 0 fully saturated rings. The van der Waals surface area contributed by atoms with Gasteiger partial charge in [-0.3, -0.25) is 0 Å². The van der Waals surface area contributed by atoms with E-state index in [1.165, 1.54) is 5.56 Å². The third-order valence-electron chi connectivity index (χ3n) is 4.00. The number of ether oxygens (including phenoxy) is 1. The molecule has 2 aromatic carbocycles. The van der Waals surface area contributed by atoms with Crippen LogP contribution in [-0.2, 0) is 16.0 Å². The Labute approximate surface area is 145 Å². The molecular formula is C21H16N2O2. The predicted octanol–water partition coefficient (Wildman–Crippen LogP) is 4.22. The number of cyclic esters (lactones) is 1. The Bertz CT molecular complexity index is 937. The first-order valence-corrected chi connectivity index (χ1v) is 8.07. The van der Waals surface area contributed by atoms with Crippen molar-refractivity contribution in [2.45, 2.75) is 6.42 Å². The SMILES string of the molecule is O=C1OC(Cc2ccc(-c3ccccc3)cc2)=N/C1=C/c1ccc[nH]1. The van der Waals surface area contributed by atoms with E-state index < -0.39 is 5.97 Å². The summed E-state index contributed by atoms with van der Waals surface area (Å²) >= 11 is 0. The van der Waals surface area contributed by atoms with Gasteiger partial charge in [0.05, 0.1) is 0 Å². The second-order valence-electron chi connectivity index (χ2n) is 5.79. The lowest BCUT2D eigenvalue weighted by atomic mass is 10.0. The molecule has 2 heterocycles. The molecule has 0 saturated heterocycles. The molecular weight excluding hydrogens is 312 g/mol. The quantitative estimate of drug-likeness (QED) is 0.576. The molecule has 122 valence electrons. The fourth-order valence-electron chi connectivity index (χ4n) is 2.73. The maximum absolute atomic E-state index is 11.9. The van der Waals surface area contributed by atoms with Gasteiger partial charge in [-0.25, -0.2) is 9.79 Å². The van der Waals surface area contributed by atoms with Gasteiger partial charge in [-0.1, -0.05) is 54.6 Å². The number of aromatic nitrogens is 1. The number of hydrogen-bond acceptors (Lipinski definition) is 3. The van der Waals surface area contributed by atoms with Gasteiger partial charge in [-0.05, 0) is 34.9 Å². The Morgan fingerprint density at radius 3 is 2.40 bits per heavy atom. The number of hydrogen-bond donors (Lipinski definition) is 1. The number of esters is 1. The molecule has 4 heteroatoms. The van der Waals surface area contributed by atoms with Gasteiger partial charge in [0.25, 0.3) is 0 Å². The monoisotopic (exact) mass is 328 g/mol. The van der Waals surface area contributed by atoms with E-state index >= 15 is 0 Å². The van der Waals surface area contributed by atoms with Gasteiger partial charge in [-0.15, -0.1) is 0 Å². The highest BCUT2D eigenvalue weighted by atomic mass is 16.6. The van der Waals surface area contributed by atoms with Crippen molar-refractivity contribution in [2.24, 2.45) is 4.99 Å². The Balaban J connectivity index is 1.50. The minimum Gasteiger partial charge on any atom is -0.406 e. The number of rotatable bonds is 4. The van der Waals surface area contributed by atoms with Crippen molar-refractivity contribution in [2.75, 3.05) is 0 Å². The number of nitrogens with zero attached hydrogens (tertiary/aromatic N) is 1. The molecule has 1 aromatic heterocycles. The number of H-pyrrole nitrogens is 1. The second kappa shape index (κ2) is 6.61. The van der Waals surface area contributed by atoms with Crippen LogP contribution in [0.15, 0.2) is 83.6 Å². The highest BCUT2D eigenvalue weighted by molar-refractivity contribution is 6.07. The minimum atomic E-state index is -0.412. The van der Waals surface area contributed by atoms with E-state index in [0.29, 0.717) is 18.0 Å². The number of carbonyl (C=O) groups excluding carboxylic acids is 1. The zero-order chi connectivity index (χ0) is 17.1. The fraction of sp³-hybridized carbons (Fsp3) is 0.0476. The Morgan fingerprint density at radius 1 is 0.920 bits per heavy atom. The van der Waals surface area contributed by atoms with E-state index in [1.54, 1.807) is 12.3 Å². The van der Waals surface area contributed by atoms with Crippen LogP contribution in [-0.4, -0.2) is 16.9 Å². The summed E-state index contributed by atoms with van der Waals surface area (Å²) in [5, 5.41) is 0. The van der Waals surface area contributed by atoms with E-state index in [2.05, 4.69) is 34.2 Å². The molecule has 0 amide bonds. The molecule has 3 aromatic rings. The molecule has 25 heavy (non-hydrogen) atoms. The van der Waals surface area contributed by atoms with Crippen molar-refractivity contribution in [3.63, 3.8) is 0 Å². The van der Waals surface area contributed by atoms with Gasteiger partial charge in [0.2, 0.25) is 5.90 Å². The van der Waals surface area contributed by atoms with Gasteiger partial charge in [0, 0.05) is 18.3 Å². The van der Waals surface area contributed by atoms with Crippen molar-refractivity contribution < 1.29 is 9.53 Å². The molecule has 4 rings (SSSR count). The number of nitrogens with one attached hydrogen (secondary N) is 1. The zero-order valence-corrected chi connectivity index (χ0v) is 13.5. The maximum atomic E-state index is 11.9. The normalized spacial score (nSPS) is 15.3. The standard InChI is InChI=1S/C21H16N2O2/c24-21-19(14-18-7-4-12-22-18)23-20(25-21)13-15-8-10-17(11-9-15)16-5-2-1-3-6-16/h1-12,14,22H,13H2/b19-14+. The van der Waals surface area contributed by atoms with Crippen molar-refractivity contribution in [3.05, 3.63) is 89.9 Å². The molecule has 1 aliphatic heterocycles. The van der Waals surface area contributed by atoms with Crippen LogP contribution in [0.3, 0.4) is 0 Å². The van der Waals surface area contributed by atoms with E-state index in [-0.39, 0.29) is 0 Å². The van der Waals surface area contributed by atoms with Gasteiger partial charge < -0.3 is 9.72 Å². The molecule has 0 radical (unpaired) electrons. The first kappa shape index (κ1) is 15.1. The van der Waals surface area contributed by atoms with Gasteiger partial charge >= 0.3 is 5.97 Å². The van der Waals surface area contributed by atoms with Crippen LogP contribution in [0.25, 0.3) is 17.2 Å². The first-order valence-electron chi connectivity index (χ1n) is 8.07. The largest absolute Gasteiger partial charge is 0.406 e. The number of benzene rings is 2. The van der Waals surface area contributed by atoms with Crippen molar-refractivity contribution in [3.8, 4) is 11.1 Å². The predicted molar refractivity (Wildman–Crippen MR) is 97.9 cm³/mol. The average Bonchev–Trinajstić information content (AvgIpc) is 3.27. The lowest BCUT2D eigenvalue weighted by Crippen LogP contribution is -2.06. The summed E-state index contributed by atoms with van der Waals surface area (Å²) in [5.41, 5.74) is 4.52. The van der Waals surface area contributed by atoms with Crippen molar-refractivity contribution >= 4 is 17.9 Å². The van der Waals surface area contributed by atoms with Crippen LogP contribution in [0.2, 0.25) is 0 Å². The van der Waals surface area contributed by atoms with Crippen LogP contribution >= 0.6 is 0 Å². The van der Waals surface area contributed by atoms with E-state index in [1.807, 2.05) is 42.5 Å². The maximum Gasteiger partial charge on any atom is 0.363 e. The topological polar surface area (TPSA) is 54.4 Å². The Morgan fingerprint density at radius 2 is 1.68 bits per heavy atom. The molecule has 0 spiro atoms. The summed E-state index contributed by atoms with van der Waals surface area (Å²) < 4.78 is 5.27. The summed E-state index contributed by atoms with van der Waals surface area (Å²) in [6.07, 6.45) is 3.97. The summed E-state index contributed by atoms with van der Waals surface area (Å²) in [6.45, 7) is 0. The van der Waals surface area contributed by atoms with E-state index in [4.69, 9.17) is 4.74 Å². The highest BCUT2D eigenvalue weighted by Crippen LogP contribution is 2.21. The third kappa shape index (κ3) is 3.43. The summed E-state index contributed by atoms with van der Waals surface area (Å²) in [5.74, 6) is 0.0146. The van der Waals surface area contributed by atoms with E-state index in [9.17, 15) is 4.79 Å². The molecule has 4 nitrogen and oxygen atoms in total. The molecule has 0 bridgehead atoms. The molecule has 1 N–H and O–H groups in total. The number of carbonyl (C=O) groups is 1. The zero-order valence-electron chi connectivity index (χ0n) is 13.5. The highest BCUT2D eigenvalue weighted by Gasteiger charge is 2.23. The Kier molecular flexibility index (Phi) is 4.01. The van der Waals surface area contributed by atoms with E-state index in [0.717, 1.165) is 16.8 Å². The fourth-order valence-corrected chi connectivity index (χ4v) is 2.73. The van der Waals surface area contributed by atoms with Gasteiger partial charge in [-0.2, -0.15) is 0 Å². The summed E-state index contributed by atoms with van der Waals surface area (Å²) in [6, 6.07) is 22.1. The Hall–Kier alpha value is -3.40. The molecule has 0 unspecified atom stereocenters. The third-order valence-corrected chi connectivity index (χ3v) is 4.00. The van der Waals surface area contributed by atoms with Crippen LogP contribution < -0.4 is 0 Å². The first-order chi connectivity index (χ1) is 12.3. The molecule has 0 aliphatic carbocycles. The number of aliphatic imine (C=N–C) groups is 1. The number of aromatic amines is 1. The minimum absolute atomic E-state index is 0.318.